The summed E-state index contributed by atoms with van der Waals surface area (Å²) in [6.07, 6.45) is 5.31. The molecule has 0 heterocycles. The largest absolute Gasteiger partial charge is 0.393 e. The lowest BCUT2D eigenvalue weighted by atomic mass is 9.93. The molecular weight excluding hydrogens is 248 g/mol. The molecule has 1 fully saturated rings. The highest BCUT2D eigenvalue weighted by molar-refractivity contribution is 5.14. The molecular formula is C17H28N2O. The van der Waals surface area contributed by atoms with Gasteiger partial charge in [-0.05, 0) is 57.8 Å². The van der Waals surface area contributed by atoms with Crippen molar-refractivity contribution < 1.29 is 5.11 Å². The predicted molar refractivity (Wildman–Crippen MR) is 83.7 cm³/mol. The zero-order valence-electron chi connectivity index (χ0n) is 12.6. The van der Waals surface area contributed by atoms with Crippen LogP contribution < -0.4 is 5.32 Å². The lowest BCUT2D eigenvalue weighted by Gasteiger charge is -2.26. The minimum absolute atomic E-state index is 0.0509. The first-order valence-electron chi connectivity index (χ1n) is 7.88. The van der Waals surface area contributed by atoms with E-state index in [1.165, 1.54) is 12.0 Å². The van der Waals surface area contributed by atoms with Crippen LogP contribution in [-0.4, -0.2) is 42.3 Å². The van der Waals surface area contributed by atoms with Crippen LogP contribution in [0.25, 0.3) is 0 Å². The number of hydrogen-bond donors (Lipinski definition) is 2. The highest BCUT2D eigenvalue weighted by atomic mass is 16.3. The van der Waals surface area contributed by atoms with Gasteiger partial charge < -0.3 is 15.3 Å². The summed E-state index contributed by atoms with van der Waals surface area (Å²) < 4.78 is 0. The van der Waals surface area contributed by atoms with E-state index in [1.807, 2.05) is 0 Å². The zero-order valence-corrected chi connectivity index (χ0v) is 12.6. The molecule has 3 heteroatoms. The Balaban J connectivity index is 1.54. The second-order valence-electron chi connectivity index (χ2n) is 6.04. The monoisotopic (exact) mass is 276 g/mol. The van der Waals surface area contributed by atoms with Crippen LogP contribution in [-0.2, 0) is 6.54 Å². The number of aliphatic hydroxyl groups excluding tert-OH is 1. The van der Waals surface area contributed by atoms with E-state index < -0.39 is 0 Å². The minimum atomic E-state index is -0.0509. The van der Waals surface area contributed by atoms with Crippen LogP contribution in [0, 0.1) is 0 Å². The zero-order chi connectivity index (χ0) is 14.2. The Morgan fingerprint density at radius 1 is 1.15 bits per heavy atom. The van der Waals surface area contributed by atoms with Gasteiger partial charge in [-0.25, -0.2) is 0 Å². The van der Waals surface area contributed by atoms with Gasteiger partial charge in [-0.15, -0.1) is 0 Å². The van der Waals surface area contributed by atoms with Crippen molar-refractivity contribution in [2.45, 2.75) is 50.8 Å². The second-order valence-corrected chi connectivity index (χ2v) is 6.04. The van der Waals surface area contributed by atoms with E-state index in [0.29, 0.717) is 6.04 Å². The van der Waals surface area contributed by atoms with Gasteiger partial charge in [-0.1, -0.05) is 30.3 Å². The molecule has 2 rings (SSSR count). The van der Waals surface area contributed by atoms with Crippen LogP contribution in [0.2, 0.25) is 0 Å². The third-order valence-corrected chi connectivity index (χ3v) is 4.14. The second kappa shape index (κ2) is 8.40. The van der Waals surface area contributed by atoms with Gasteiger partial charge in [0.1, 0.15) is 0 Å². The summed E-state index contributed by atoms with van der Waals surface area (Å²) in [6.45, 7) is 3.23. The maximum Gasteiger partial charge on any atom is 0.0541 e. The molecule has 0 amide bonds. The Kier molecular flexibility index (Phi) is 6.51. The first-order valence-corrected chi connectivity index (χ1v) is 7.88. The molecule has 3 nitrogen and oxygen atoms in total. The van der Waals surface area contributed by atoms with Gasteiger partial charge in [-0.2, -0.15) is 0 Å². The molecule has 112 valence electrons. The Morgan fingerprint density at radius 3 is 2.55 bits per heavy atom. The quantitative estimate of drug-likeness (QED) is 0.751. The molecule has 0 saturated heterocycles. The molecule has 1 aromatic rings. The third kappa shape index (κ3) is 5.61. The van der Waals surface area contributed by atoms with Crippen LogP contribution in [0.3, 0.4) is 0 Å². The van der Waals surface area contributed by atoms with Crippen LogP contribution in [0.5, 0.6) is 0 Å². The summed E-state index contributed by atoms with van der Waals surface area (Å²) in [5, 5.41) is 13.1. The highest BCUT2D eigenvalue weighted by Gasteiger charge is 2.18. The first-order chi connectivity index (χ1) is 9.74. The summed E-state index contributed by atoms with van der Waals surface area (Å²) >= 11 is 0. The molecule has 0 aliphatic heterocycles. The van der Waals surface area contributed by atoms with Crippen molar-refractivity contribution >= 4 is 0 Å². The van der Waals surface area contributed by atoms with Crippen LogP contribution in [0.1, 0.15) is 37.7 Å². The molecule has 0 atom stereocenters. The number of nitrogens with zero attached hydrogens (tertiary/aromatic N) is 1. The average Bonchev–Trinajstić information content (AvgIpc) is 2.46. The van der Waals surface area contributed by atoms with E-state index in [9.17, 15) is 5.11 Å². The van der Waals surface area contributed by atoms with Crippen molar-refractivity contribution in [1.82, 2.24) is 10.2 Å². The first kappa shape index (κ1) is 15.5. The Labute approximate surface area is 123 Å². The van der Waals surface area contributed by atoms with E-state index >= 15 is 0 Å². The summed E-state index contributed by atoms with van der Waals surface area (Å²) in [5.74, 6) is 0. The molecule has 1 aliphatic rings. The van der Waals surface area contributed by atoms with Crippen LogP contribution in [0.15, 0.2) is 30.3 Å². The minimum Gasteiger partial charge on any atom is -0.393 e. The molecule has 0 unspecified atom stereocenters. The van der Waals surface area contributed by atoms with Gasteiger partial charge in [0.15, 0.2) is 0 Å². The van der Waals surface area contributed by atoms with Crippen molar-refractivity contribution in [2.24, 2.45) is 0 Å². The number of hydrogen-bond acceptors (Lipinski definition) is 3. The maximum absolute atomic E-state index is 9.48. The Morgan fingerprint density at radius 2 is 1.85 bits per heavy atom. The summed E-state index contributed by atoms with van der Waals surface area (Å²) in [4.78, 5) is 2.38. The molecule has 1 aliphatic carbocycles. The summed E-state index contributed by atoms with van der Waals surface area (Å²) in [5.41, 5.74) is 1.38. The van der Waals surface area contributed by atoms with Gasteiger partial charge in [0.25, 0.3) is 0 Å². The molecule has 2 N–H and O–H groups in total. The molecule has 0 bridgehead atoms. The van der Waals surface area contributed by atoms with E-state index in [1.54, 1.807) is 0 Å². The number of aliphatic hydroxyl groups is 1. The fourth-order valence-electron chi connectivity index (χ4n) is 2.91. The van der Waals surface area contributed by atoms with Gasteiger partial charge in [0, 0.05) is 12.6 Å². The lowest BCUT2D eigenvalue weighted by Crippen LogP contribution is -2.36. The van der Waals surface area contributed by atoms with Gasteiger partial charge >= 0.3 is 0 Å². The van der Waals surface area contributed by atoms with Gasteiger partial charge in [0.05, 0.1) is 6.10 Å². The van der Waals surface area contributed by atoms with Gasteiger partial charge in [-0.3, -0.25) is 0 Å². The topological polar surface area (TPSA) is 35.5 Å². The SMILES string of the molecule is CN(CCCNC1CCC(O)CC1)Cc1ccccc1. The van der Waals surface area contributed by atoms with Crippen molar-refractivity contribution in [3.05, 3.63) is 35.9 Å². The average molecular weight is 276 g/mol. The third-order valence-electron chi connectivity index (χ3n) is 4.14. The molecule has 0 spiro atoms. The fourth-order valence-corrected chi connectivity index (χ4v) is 2.91. The summed E-state index contributed by atoms with van der Waals surface area (Å²) in [7, 11) is 2.18. The molecule has 20 heavy (non-hydrogen) atoms. The number of benzene rings is 1. The van der Waals surface area contributed by atoms with E-state index in [-0.39, 0.29) is 6.10 Å². The summed E-state index contributed by atoms with van der Waals surface area (Å²) in [6, 6.07) is 11.3. The molecule has 0 aromatic heterocycles. The molecule has 1 saturated carbocycles. The maximum atomic E-state index is 9.48. The van der Waals surface area contributed by atoms with Crippen LogP contribution in [0.4, 0.5) is 0 Å². The number of nitrogens with one attached hydrogen (secondary N) is 1. The molecule has 0 radical (unpaired) electrons. The predicted octanol–water partition coefficient (Wildman–Crippen LogP) is 2.40. The van der Waals surface area contributed by atoms with Crippen molar-refractivity contribution in [3.8, 4) is 0 Å². The van der Waals surface area contributed by atoms with E-state index in [4.69, 9.17) is 0 Å². The van der Waals surface area contributed by atoms with Crippen molar-refractivity contribution in [2.75, 3.05) is 20.1 Å². The Bertz CT molecular complexity index is 361. The fraction of sp³-hybridized carbons (Fsp3) is 0.647. The highest BCUT2D eigenvalue weighted by Crippen LogP contribution is 2.18. The van der Waals surface area contributed by atoms with E-state index in [0.717, 1.165) is 45.3 Å². The number of rotatable bonds is 7. The van der Waals surface area contributed by atoms with Crippen LogP contribution >= 0.6 is 0 Å². The standard InChI is InChI=1S/C17H28N2O/c1-19(14-15-6-3-2-4-7-15)13-5-12-18-16-8-10-17(20)11-9-16/h2-4,6-7,16-18,20H,5,8-14H2,1H3. The van der Waals surface area contributed by atoms with E-state index in [2.05, 4.69) is 47.6 Å². The molecule has 1 aromatic carbocycles. The Hall–Kier alpha value is -0.900. The van der Waals surface area contributed by atoms with Crippen molar-refractivity contribution in [3.63, 3.8) is 0 Å². The normalized spacial score (nSPS) is 23.1. The van der Waals surface area contributed by atoms with Gasteiger partial charge in [0.2, 0.25) is 0 Å². The van der Waals surface area contributed by atoms with Crippen molar-refractivity contribution in [1.29, 1.82) is 0 Å². The lowest BCUT2D eigenvalue weighted by molar-refractivity contribution is 0.116. The smallest absolute Gasteiger partial charge is 0.0541 e.